The number of aromatic nitrogens is 2. The number of nitrogens with zero attached hydrogens (tertiary/aromatic N) is 2. The molecule has 2 aliphatic rings. The maximum absolute atomic E-state index is 13.3. The molecule has 6 heteroatoms. The van der Waals surface area contributed by atoms with Crippen LogP contribution in [-0.4, -0.2) is 33.5 Å². The number of aryl methyl sites for hydroxylation is 1. The summed E-state index contributed by atoms with van der Waals surface area (Å²) in [5, 5.41) is 0. The van der Waals surface area contributed by atoms with Crippen molar-refractivity contribution in [2.75, 3.05) is 0 Å². The third-order valence-corrected chi connectivity index (χ3v) is 5.83. The summed E-state index contributed by atoms with van der Waals surface area (Å²) in [6.07, 6.45) is 3.19. The fraction of sp³-hybridized carbons (Fsp3) is 0.476. The van der Waals surface area contributed by atoms with Crippen LogP contribution in [0.25, 0.3) is 16.6 Å². The molecule has 0 N–H and O–H groups in total. The standard InChI is InChI=1S/C21H24N2O4/c1-4-13-9-14-19(10-18(13)27-12(2)24)26-11-15(20(14)25)21-22-16-7-5-6-8-17(16)23(21)3/h5-8,11,13-14,18-19H,4,9-10H2,1-3H3. The first-order valence-electron chi connectivity index (χ1n) is 9.48. The Balaban J connectivity index is 1.65. The van der Waals surface area contributed by atoms with Gasteiger partial charge in [0.15, 0.2) is 5.78 Å². The number of para-hydroxylation sites is 2. The number of ether oxygens (including phenoxy) is 2. The van der Waals surface area contributed by atoms with Gasteiger partial charge in [-0.2, -0.15) is 0 Å². The molecule has 27 heavy (non-hydrogen) atoms. The Morgan fingerprint density at radius 1 is 1.33 bits per heavy atom. The Kier molecular flexibility index (Phi) is 4.50. The molecule has 0 bridgehead atoms. The number of Topliss-reactive ketones (excluding diaryl/α,β-unsaturated/α-hetero) is 1. The molecule has 2 aromatic rings. The quantitative estimate of drug-likeness (QED) is 0.778. The highest BCUT2D eigenvalue weighted by molar-refractivity contribution is 6.21. The lowest BCUT2D eigenvalue weighted by Crippen LogP contribution is -2.46. The van der Waals surface area contributed by atoms with Crippen LogP contribution in [0.5, 0.6) is 0 Å². The molecule has 4 rings (SSSR count). The molecule has 2 heterocycles. The van der Waals surface area contributed by atoms with Gasteiger partial charge in [0, 0.05) is 20.4 Å². The molecule has 4 atom stereocenters. The van der Waals surface area contributed by atoms with E-state index in [4.69, 9.17) is 9.47 Å². The number of carbonyl (C=O) groups is 2. The zero-order valence-corrected chi connectivity index (χ0v) is 15.8. The number of ketones is 1. The van der Waals surface area contributed by atoms with Gasteiger partial charge in [-0.3, -0.25) is 9.59 Å². The molecule has 1 aliphatic carbocycles. The second kappa shape index (κ2) is 6.83. The van der Waals surface area contributed by atoms with E-state index < -0.39 is 0 Å². The van der Waals surface area contributed by atoms with Crippen LogP contribution in [0.1, 0.15) is 38.9 Å². The zero-order valence-electron chi connectivity index (χ0n) is 15.8. The summed E-state index contributed by atoms with van der Waals surface area (Å²) in [6, 6.07) is 7.82. The third-order valence-electron chi connectivity index (χ3n) is 5.83. The predicted molar refractivity (Wildman–Crippen MR) is 101 cm³/mol. The van der Waals surface area contributed by atoms with Gasteiger partial charge in [0.05, 0.1) is 28.8 Å². The van der Waals surface area contributed by atoms with E-state index in [1.807, 2.05) is 35.9 Å². The van der Waals surface area contributed by atoms with Gasteiger partial charge in [0.1, 0.15) is 18.0 Å². The molecule has 0 amide bonds. The highest BCUT2D eigenvalue weighted by atomic mass is 16.5. The largest absolute Gasteiger partial charge is 0.496 e. The second-order valence-corrected chi connectivity index (χ2v) is 7.45. The van der Waals surface area contributed by atoms with Crippen LogP contribution < -0.4 is 0 Å². The van der Waals surface area contributed by atoms with E-state index in [0.717, 1.165) is 17.5 Å². The van der Waals surface area contributed by atoms with E-state index in [9.17, 15) is 9.59 Å². The van der Waals surface area contributed by atoms with Gasteiger partial charge >= 0.3 is 5.97 Å². The van der Waals surface area contributed by atoms with Crippen LogP contribution >= 0.6 is 0 Å². The highest BCUT2D eigenvalue weighted by Crippen LogP contribution is 2.41. The minimum Gasteiger partial charge on any atom is -0.496 e. The number of carbonyl (C=O) groups excluding carboxylic acids is 2. The number of allylic oxidation sites excluding steroid dienone is 1. The number of imidazole rings is 1. The minimum absolute atomic E-state index is 0.0735. The van der Waals surface area contributed by atoms with Crippen molar-refractivity contribution in [3.05, 3.63) is 36.4 Å². The lowest BCUT2D eigenvalue weighted by molar-refractivity contribution is -0.157. The number of benzene rings is 1. The Morgan fingerprint density at radius 2 is 2.11 bits per heavy atom. The summed E-state index contributed by atoms with van der Waals surface area (Å²) >= 11 is 0. The third kappa shape index (κ3) is 3.03. The number of fused-ring (bicyclic) bond motifs is 2. The van der Waals surface area contributed by atoms with Crippen molar-refractivity contribution in [2.45, 2.75) is 45.3 Å². The first-order chi connectivity index (χ1) is 13.0. The van der Waals surface area contributed by atoms with Crippen LogP contribution in [0, 0.1) is 11.8 Å². The minimum atomic E-state index is -0.282. The normalized spacial score (nSPS) is 27.7. The Morgan fingerprint density at radius 3 is 2.81 bits per heavy atom. The number of hydrogen-bond acceptors (Lipinski definition) is 5. The number of esters is 1. The van der Waals surface area contributed by atoms with Crippen LogP contribution in [0.4, 0.5) is 0 Å². The van der Waals surface area contributed by atoms with Crippen molar-refractivity contribution in [1.29, 1.82) is 0 Å². The summed E-state index contributed by atoms with van der Waals surface area (Å²) in [5.41, 5.74) is 2.36. The molecule has 1 saturated carbocycles. The van der Waals surface area contributed by atoms with Crippen molar-refractivity contribution in [2.24, 2.45) is 18.9 Å². The Bertz CT molecular complexity index is 929. The summed E-state index contributed by atoms with van der Waals surface area (Å²) in [5.74, 6) is 0.373. The van der Waals surface area contributed by atoms with Gasteiger partial charge in [-0.25, -0.2) is 4.98 Å². The SMILES string of the molecule is CCC1CC2C(=O)C(c3nc4ccccc4n3C)=COC2CC1OC(C)=O. The van der Waals surface area contributed by atoms with Gasteiger partial charge in [0.25, 0.3) is 0 Å². The molecule has 4 unspecified atom stereocenters. The van der Waals surface area contributed by atoms with E-state index in [1.165, 1.54) is 6.92 Å². The van der Waals surface area contributed by atoms with Gasteiger partial charge < -0.3 is 14.0 Å². The molecule has 1 aromatic heterocycles. The average molecular weight is 368 g/mol. The number of hydrogen-bond donors (Lipinski definition) is 0. The molecular formula is C21H24N2O4. The molecule has 0 spiro atoms. The fourth-order valence-electron chi connectivity index (χ4n) is 4.39. The number of rotatable bonds is 3. The topological polar surface area (TPSA) is 70.4 Å². The van der Waals surface area contributed by atoms with Crippen molar-refractivity contribution in [3.63, 3.8) is 0 Å². The Labute approximate surface area is 158 Å². The van der Waals surface area contributed by atoms with E-state index in [2.05, 4.69) is 11.9 Å². The summed E-state index contributed by atoms with van der Waals surface area (Å²) in [7, 11) is 1.91. The molecule has 142 valence electrons. The van der Waals surface area contributed by atoms with Gasteiger partial charge in [-0.15, -0.1) is 0 Å². The molecule has 0 saturated heterocycles. The molecule has 1 aromatic carbocycles. The molecule has 6 nitrogen and oxygen atoms in total. The second-order valence-electron chi connectivity index (χ2n) is 7.45. The Hall–Kier alpha value is -2.63. The molecule has 0 radical (unpaired) electrons. The van der Waals surface area contributed by atoms with Crippen LogP contribution in [-0.2, 0) is 26.1 Å². The average Bonchev–Trinajstić information content (AvgIpc) is 2.98. The lowest BCUT2D eigenvalue weighted by Gasteiger charge is -2.41. The molecular weight excluding hydrogens is 344 g/mol. The smallest absolute Gasteiger partial charge is 0.302 e. The van der Waals surface area contributed by atoms with E-state index >= 15 is 0 Å². The van der Waals surface area contributed by atoms with Crippen molar-refractivity contribution in [1.82, 2.24) is 9.55 Å². The summed E-state index contributed by atoms with van der Waals surface area (Å²) in [6.45, 7) is 3.49. The van der Waals surface area contributed by atoms with E-state index in [0.29, 0.717) is 24.2 Å². The highest BCUT2D eigenvalue weighted by Gasteiger charge is 2.45. The summed E-state index contributed by atoms with van der Waals surface area (Å²) < 4.78 is 13.4. The lowest BCUT2D eigenvalue weighted by atomic mass is 9.72. The maximum atomic E-state index is 13.3. The summed E-state index contributed by atoms with van der Waals surface area (Å²) in [4.78, 5) is 29.3. The molecule has 1 aliphatic heterocycles. The van der Waals surface area contributed by atoms with Gasteiger partial charge in [-0.1, -0.05) is 19.1 Å². The first-order valence-corrected chi connectivity index (χ1v) is 9.48. The fourth-order valence-corrected chi connectivity index (χ4v) is 4.39. The zero-order chi connectivity index (χ0) is 19.1. The van der Waals surface area contributed by atoms with E-state index in [-0.39, 0.29) is 35.8 Å². The predicted octanol–water partition coefficient (Wildman–Crippen LogP) is 3.25. The first kappa shape index (κ1) is 17.8. The van der Waals surface area contributed by atoms with Crippen LogP contribution in [0.3, 0.4) is 0 Å². The van der Waals surface area contributed by atoms with E-state index in [1.54, 1.807) is 6.26 Å². The molecule has 1 fully saturated rings. The maximum Gasteiger partial charge on any atom is 0.302 e. The van der Waals surface area contributed by atoms with Crippen LogP contribution in [0.15, 0.2) is 30.5 Å². The monoisotopic (exact) mass is 368 g/mol. The van der Waals surface area contributed by atoms with Crippen molar-refractivity contribution < 1.29 is 19.1 Å². The van der Waals surface area contributed by atoms with Gasteiger partial charge in [-0.05, 0) is 30.9 Å². The van der Waals surface area contributed by atoms with Gasteiger partial charge in [0.2, 0.25) is 0 Å². The van der Waals surface area contributed by atoms with Crippen molar-refractivity contribution in [3.8, 4) is 0 Å². The van der Waals surface area contributed by atoms with Crippen LogP contribution in [0.2, 0.25) is 0 Å². The van der Waals surface area contributed by atoms with Crippen molar-refractivity contribution >= 4 is 28.4 Å².